The van der Waals surface area contributed by atoms with Crippen molar-refractivity contribution in [1.82, 2.24) is 20.5 Å². The predicted molar refractivity (Wildman–Crippen MR) is 109 cm³/mol. The molecule has 1 aliphatic heterocycles. The monoisotopic (exact) mass is 391 g/mol. The Morgan fingerprint density at radius 1 is 1.33 bits per heavy atom. The van der Waals surface area contributed by atoms with E-state index in [1.807, 2.05) is 11.0 Å². The minimum atomic E-state index is 0.263. The van der Waals surface area contributed by atoms with Gasteiger partial charge in [-0.2, -0.15) is 0 Å². The largest absolute Gasteiger partial charge is 0.357 e. The summed E-state index contributed by atoms with van der Waals surface area (Å²) < 4.78 is 0. The fraction of sp³-hybridized carbons (Fsp3) is 0.650. The lowest BCUT2D eigenvalue weighted by atomic mass is 10.1. The number of amides is 1. The summed E-state index contributed by atoms with van der Waals surface area (Å²) in [5, 5.41) is 7.31. The molecule has 1 saturated carbocycles. The Labute approximate surface area is 166 Å². The molecule has 27 heavy (non-hydrogen) atoms. The fourth-order valence-corrected chi connectivity index (χ4v) is 3.99. The van der Waals surface area contributed by atoms with Gasteiger partial charge in [0, 0.05) is 44.3 Å². The molecule has 2 N–H and O–H groups in total. The molecule has 0 aromatic carbocycles. The van der Waals surface area contributed by atoms with Crippen molar-refractivity contribution in [3.63, 3.8) is 0 Å². The zero-order valence-electron chi connectivity index (χ0n) is 16.1. The molecule has 0 bridgehead atoms. The lowest BCUT2D eigenvalue weighted by Crippen LogP contribution is -2.45. The Kier molecular flexibility index (Phi) is 7.33. The van der Waals surface area contributed by atoms with Crippen molar-refractivity contribution in [2.45, 2.75) is 51.5 Å². The summed E-state index contributed by atoms with van der Waals surface area (Å²) in [5.74, 6) is 1.44. The van der Waals surface area contributed by atoms with E-state index < -0.39 is 0 Å². The van der Waals surface area contributed by atoms with Gasteiger partial charge < -0.3 is 15.5 Å². The fourth-order valence-electron chi connectivity index (χ4n) is 3.87. The maximum absolute atomic E-state index is 12.6. The van der Waals surface area contributed by atoms with Crippen LogP contribution in [0.5, 0.6) is 0 Å². The van der Waals surface area contributed by atoms with Crippen molar-refractivity contribution >= 4 is 23.5 Å². The molecule has 1 unspecified atom stereocenters. The van der Waals surface area contributed by atoms with Crippen LogP contribution < -0.4 is 10.6 Å². The first-order chi connectivity index (χ1) is 13.2. The molecule has 1 aromatic rings. The molecule has 3 rings (SSSR count). The van der Waals surface area contributed by atoms with Crippen LogP contribution in [0.15, 0.2) is 23.3 Å². The average Bonchev–Trinajstić information content (AvgIpc) is 3.35. The zero-order chi connectivity index (χ0) is 19.1. The summed E-state index contributed by atoms with van der Waals surface area (Å²) in [6, 6.07) is 4.05. The normalized spacial score (nSPS) is 20.9. The van der Waals surface area contributed by atoms with E-state index in [9.17, 15) is 4.79 Å². The Morgan fingerprint density at radius 3 is 2.85 bits per heavy atom. The highest BCUT2D eigenvalue weighted by Gasteiger charge is 2.32. The SMILES string of the molecule is CCNC(=NCCc1ccc(Cl)nc1)NC1CCN(C(=O)C2CCCC2)C1. The van der Waals surface area contributed by atoms with E-state index in [1.54, 1.807) is 12.3 Å². The highest BCUT2D eigenvalue weighted by molar-refractivity contribution is 6.29. The number of carbonyl (C=O) groups excluding carboxylic acids is 1. The number of rotatable bonds is 6. The second kappa shape index (κ2) is 9.93. The summed E-state index contributed by atoms with van der Waals surface area (Å²) in [4.78, 5) is 23.4. The van der Waals surface area contributed by atoms with Gasteiger partial charge in [-0.1, -0.05) is 30.5 Å². The second-order valence-electron chi connectivity index (χ2n) is 7.40. The van der Waals surface area contributed by atoms with Crippen LogP contribution in [0.1, 0.15) is 44.6 Å². The van der Waals surface area contributed by atoms with Gasteiger partial charge in [-0.15, -0.1) is 0 Å². The molecule has 6 nitrogen and oxygen atoms in total. The number of nitrogens with zero attached hydrogens (tertiary/aromatic N) is 3. The van der Waals surface area contributed by atoms with Crippen LogP contribution in [0.25, 0.3) is 0 Å². The van der Waals surface area contributed by atoms with Crippen LogP contribution in [-0.4, -0.2) is 54.0 Å². The van der Waals surface area contributed by atoms with Gasteiger partial charge in [0.25, 0.3) is 0 Å². The first-order valence-corrected chi connectivity index (χ1v) is 10.5. The molecule has 0 radical (unpaired) electrons. The molecular weight excluding hydrogens is 362 g/mol. The summed E-state index contributed by atoms with van der Waals surface area (Å²) in [6.45, 7) is 5.18. The maximum Gasteiger partial charge on any atom is 0.225 e. The smallest absolute Gasteiger partial charge is 0.225 e. The number of likely N-dealkylation sites (tertiary alicyclic amines) is 1. The summed E-state index contributed by atoms with van der Waals surface area (Å²) in [7, 11) is 0. The Balaban J connectivity index is 1.48. The van der Waals surface area contributed by atoms with Crippen molar-refractivity contribution in [3.8, 4) is 0 Å². The first-order valence-electron chi connectivity index (χ1n) is 10.1. The zero-order valence-corrected chi connectivity index (χ0v) is 16.8. The third-order valence-corrected chi connectivity index (χ3v) is 5.57. The summed E-state index contributed by atoms with van der Waals surface area (Å²) in [5.41, 5.74) is 1.12. The second-order valence-corrected chi connectivity index (χ2v) is 7.78. The molecule has 148 valence electrons. The Morgan fingerprint density at radius 2 is 2.15 bits per heavy atom. The number of hydrogen-bond acceptors (Lipinski definition) is 3. The molecule has 1 atom stereocenters. The molecule has 7 heteroatoms. The molecule has 1 aromatic heterocycles. The number of guanidine groups is 1. The van der Waals surface area contributed by atoms with Crippen molar-refractivity contribution < 1.29 is 4.79 Å². The van der Waals surface area contributed by atoms with Crippen LogP contribution in [0.3, 0.4) is 0 Å². The topological polar surface area (TPSA) is 69.6 Å². The van der Waals surface area contributed by atoms with Gasteiger partial charge in [-0.25, -0.2) is 4.98 Å². The number of aromatic nitrogens is 1. The van der Waals surface area contributed by atoms with E-state index in [-0.39, 0.29) is 12.0 Å². The molecule has 1 saturated heterocycles. The first kappa shape index (κ1) is 19.9. The van der Waals surface area contributed by atoms with Gasteiger partial charge in [0.1, 0.15) is 5.15 Å². The van der Waals surface area contributed by atoms with Gasteiger partial charge in [0.15, 0.2) is 5.96 Å². The molecular formula is C20H30ClN5O. The van der Waals surface area contributed by atoms with Crippen molar-refractivity contribution in [2.24, 2.45) is 10.9 Å². The summed E-state index contributed by atoms with van der Waals surface area (Å²) in [6.07, 6.45) is 8.12. The van der Waals surface area contributed by atoms with Crippen LogP contribution in [-0.2, 0) is 11.2 Å². The quantitative estimate of drug-likeness (QED) is 0.444. The van der Waals surface area contributed by atoms with E-state index in [0.717, 1.165) is 56.8 Å². The molecule has 1 amide bonds. The molecule has 1 aliphatic carbocycles. The number of pyridine rings is 1. The maximum atomic E-state index is 12.6. The van der Waals surface area contributed by atoms with E-state index in [2.05, 4.69) is 27.5 Å². The van der Waals surface area contributed by atoms with Crippen LogP contribution >= 0.6 is 11.6 Å². The minimum absolute atomic E-state index is 0.263. The Bertz CT molecular complexity index is 642. The number of aliphatic imine (C=N–C) groups is 1. The number of carbonyl (C=O) groups is 1. The lowest BCUT2D eigenvalue weighted by molar-refractivity contribution is -0.134. The van der Waals surface area contributed by atoms with Crippen LogP contribution in [0.4, 0.5) is 0 Å². The van der Waals surface area contributed by atoms with Gasteiger partial charge >= 0.3 is 0 Å². The highest BCUT2D eigenvalue weighted by Crippen LogP contribution is 2.27. The van der Waals surface area contributed by atoms with Crippen LogP contribution in [0, 0.1) is 5.92 Å². The molecule has 2 aliphatic rings. The summed E-state index contributed by atoms with van der Waals surface area (Å²) >= 11 is 5.82. The van der Waals surface area contributed by atoms with Gasteiger partial charge in [-0.3, -0.25) is 9.79 Å². The standard InChI is InChI=1S/C20H30ClN5O/c1-2-22-20(23-11-9-15-7-8-18(21)24-13-15)25-17-10-12-26(14-17)19(27)16-5-3-4-6-16/h7-8,13,16-17H,2-6,9-12,14H2,1H3,(H2,22,23,25). The minimum Gasteiger partial charge on any atom is -0.357 e. The third-order valence-electron chi connectivity index (χ3n) is 5.35. The molecule has 0 spiro atoms. The number of hydrogen-bond donors (Lipinski definition) is 2. The van der Waals surface area contributed by atoms with E-state index in [4.69, 9.17) is 11.6 Å². The predicted octanol–water partition coefficient (Wildman–Crippen LogP) is 2.62. The molecule has 2 fully saturated rings. The molecule has 2 heterocycles. The van der Waals surface area contributed by atoms with E-state index in [0.29, 0.717) is 17.6 Å². The highest BCUT2D eigenvalue weighted by atomic mass is 35.5. The van der Waals surface area contributed by atoms with E-state index in [1.165, 1.54) is 12.8 Å². The Hall–Kier alpha value is -1.82. The number of nitrogens with one attached hydrogen (secondary N) is 2. The van der Waals surface area contributed by atoms with E-state index >= 15 is 0 Å². The number of halogens is 1. The van der Waals surface area contributed by atoms with Gasteiger partial charge in [0.05, 0.1) is 0 Å². The van der Waals surface area contributed by atoms with Crippen molar-refractivity contribution in [1.29, 1.82) is 0 Å². The van der Waals surface area contributed by atoms with Crippen LogP contribution in [0.2, 0.25) is 5.15 Å². The van der Waals surface area contributed by atoms with Gasteiger partial charge in [0.2, 0.25) is 5.91 Å². The van der Waals surface area contributed by atoms with Crippen molar-refractivity contribution in [3.05, 3.63) is 29.0 Å². The van der Waals surface area contributed by atoms with Gasteiger partial charge in [-0.05, 0) is 44.2 Å². The van der Waals surface area contributed by atoms with Crippen molar-refractivity contribution in [2.75, 3.05) is 26.2 Å². The average molecular weight is 392 g/mol. The lowest BCUT2D eigenvalue weighted by Gasteiger charge is -2.21. The third kappa shape index (κ3) is 5.83.